The molecule has 0 aliphatic heterocycles. The van der Waals surface area contributed by atoms with Crippen LogP contribution in [0.3, 0.4) is 0 Å². The molecule has 0 fully saturated rings. The van der Waals surface area contributed by atoms with E-state index in [-0.39, 0.29) is 5.91 Å². The lowest BCUT2D eigenvalue weighted by Crippen LogP contribution is -2.39. The second-order valence-electron chi connectivity index (χ2n) is 4.41. The smallest absolute Gasteiger partial charge is 0.261 e. The van der Waals surface area contributed by atoms with Gasteiger partial charge in [-0.25, -0.2) is 0 Å². The third-order valence-electron chi connectivity index (χ3n) is 2.65. The van der Waals surface area contributed by atoms with Crippen molar-refractivity contribution >= 4 is 23.2 Å². The third kappa shape index (κ3) is 5.57. The minimum absolute atomic E-state index is 0.245. The second kappa shape index (κ2) is 9.31. The quantitative estimate of drug-likeness (QED) is 0.600. The van der Waals surface area contributed by atoms with Gasteiger partial charge in [-0.2, -0.15) is 0 Å². The van der Waals surface area contributed by atoms with Gasteiger partial charge in [-0.1, -0.05) is 32.4 Å². The summed E-state index contributed by atoms with van der Waals surface area (Å²) in [6, 6.07) is 7.20. The summed E-state index contributed by atoms with van der Waals surface area (Å²) in [4.78, 5) is 12.2. The molecule has 0 aliphatic rings. The lowest BCUT2D eigenvalue weighted by molar-refractivity contribution is 0.0972. The van der Waals surface area contributed by atoms with Crippen molar-refractivity contribution in [1.29, 1.82) is 0 Å². The molecule has 0 radical (unpaired) electrons. The van der Waals surface area contributed by atoms with Gasteiger partial charge in [-0.3, -0.25) is 10.1 Å². The molecule has 20 heavy (non-hydrogen) atoms. The number of unbranched alkanes of at least 4 members (excludes halogenated alkanes) is 1. The third-order valence-corrected chi connectivity index (χ3v) is 2.90. The van der Waals surface area contributed by atoms with Crippen LogP contribution in [0.5, 0.6) is 5.75 Å². The largest absolute Gasteiger partial charge is 0.493 e. The molecule has 0 heterocycles. The Bertz CT molecular complexity index is 449. The van der Waals surface area contributed by atoms with E-state index in [0.717, 1.165) is 25.8 Å². The first kappa shape index (κ1) is 16.4. The Morgan fingerprint density at radius 3 is 2.70 bits per heavy atom. The maximum Gasteiger partial charge on any atom is 0.261 e. The van der Waals surface area contributed by atoms with Crippen molar-refractivity contribution < 1.29 is 9.53 Å². The van der Waals surface area contributed by atoms with Crippen LogP contribution in [0.2, 0.25) is 0 Å². The average molecular weight is 294 g/mol. The summed E-state index contributed by atoms with van der Waals surface area (Å²) in [5, 5.41) is 5.97. The maximum absolute atomic E-state index is 12.2. The van der Waals surface area contributed by atoms with Gasteiger partial charge in [0.1, 0.15) is 5.75 Å². The molecule has 0 aliphatic carbocycles. The van der Waals surface area contributed by atoms with Crippen LogP contribution < -0.4 is 15.4 Å². The Labute approximate surface area is 125 Å². The van der Waals surface area contributed by atoms with Crippen molar-refractivity contribution in [3.05, 3.63) is 29.8 Å². The summed E-state index contributed by atoms with van der Waals surface area (Å²) in [5.41, 5.74) is 0.504. The highest BCUT2D eigenvalue weighted by Gasteiger charge is 2.13. The van der Waals surface area contributed by atoms with E-state index >= 15 is 0 Å². The minimum atomic E-state index is -0.245. The molecule has 0 saturated heterocycles. The second-order valence-corrected chi connectivity index (χ2v) is 4.82. The van der Waals surface area contributed by atoms with Crippen molar-refractivity contribution in [1.82, 2.24) is 10.6 Å². The molecule has 0 atom stereocenters. The fraction of sp³-hybridized carbons (Fsp3) is 0.467. The SMILES string of the molecule is CCCCOc1ccccc1C(=O)NC(=S)NCCC. The predicted molar refractivity (Wildman–Crippen MR) is 85.2 cm³/mol. The van der Waals surface area contributed by atoms with Gasteiger partial charge in [0.25, 0.3) is 5.91 Å². The monoisotopic (exact) mass is 294 g/mol. The Balaban J connectivity index is 2.64. The zero-order valence-corrected chi connectivity index (χ0v) is 12.9. The minimum Gasteiger partial charge on any atom is -0.493 e. The molecule has 5 heteroatoms. The van der Waals surface area contributed by atoms with Crippen LogP contribution in [0.25, 0.3) is 0 Å². The van der Waals surface area contributed by atoms with Crippen LogP contribution in [-0.2, 0) is 0 Å². The number of nitrogens with one attached hydrogen (secondary N) is 2. The van der Waals surface area contributed by atoms with Crippen LogP contribution in [-0.4, -0.2) is 24.2 Å². The molecule has 2 N–H and O–H groups in total. The van der Waals surface area contributed by atoms with E-state index in [0.29, 0.717) is 23.0 Å². The van der Waals surface area contributed by atoms with Crippen LogP contribution >= 0.6 is 12.2 Å². The molecule has 110 valence electrons. The van der Waals surface area contributed by atoms with Gasteiger partial charge in [0, 0.05) is 6.54 Å². The fourth-order valence-electron chi connectivity index (χ4n) is 1.56. The Hall–Kier alpha value is -1.62. The molecule has 4 nitrogen and oxygen atoms in total. The molecular formula is C15H22N2O2S. The van der Waals surface area contributed by atoms with Crippen molar-refractivity contribution in [2.45, 2.75) is 33.1 Å². The summed E-state index contributed by atoms with van der Waals surface area (Å²) in [7, 11) is 0. The highest BCUT2D eigenvalue weighted by atomic mass is 32.1. The summed E-state index contributed by atoms with van der Waals surface area (Å²) < 4.78 is 5.64. The number of hydrogen-bond acceptors (Lipinski definition) is 3. The maximum atomic E-state index is 12.2. The van der Waals surface area contributed by atoms with Crippen LogP contribution in [0.1, 0.15) is 43.5 Å². The van der Waals surface area contributed by atoms with E-state index in [1.165, 1.54) is 0 Å². The van der Waals surface area contributed by atoms with E-state index in [1.807, 2.05) is 19.1 Å². The molecule has 0 spiro atoms. The Morgan fingerprint density at radius 2 is 2.00 bits per heavy atom. The van der Waals surface area contributed by atoms with Gasteiger partial charge in [0.05, 0.1) is 12.2 Å². The summed E-state index contributed by atoms with van der Waals surface area (Å²) >= 11 is 5.06. The average Bonchev–Trinajstić information content (AvgIpc) is 2.46. The van der Waals surface area contributed by atoms with E-state index in [9.17, 15) is 4.79 Å². The number of para-hydroxylation sites is 1. The Morgan fingerprint density at radius 1 is 1.25 bits per heavy atom. The standard InChI is InChI=1S/C15H22N2O2S/c1-3-5-11-19-13-9-7-6-8-12(13)14(18)17-15(20)16-10-4-2/h6-9H,3-5,10-11H2,1-2H3,(H2,16,17,18,20). The molecule has 0 saturated carbocycles. The number of rotatable bonds is 7. The number of hydrogen-bond donors (Lipinski definition) is 2. The van der Waals surface area contributed by atoms with Crippen molar-refractivity contribution in [3.8, 4) is 5.75 Å². The Kier molecular flexibility index (Phi) is 7.65. The first-order valence-corrected chi connectivity index (χ1v) is 7.40. The van der Waals surface area contributed by atoms with E-state index < -0.39 is 0 Å². The first-order chi connectivity index (χ1) is 9.69. The van der Waals surface area contributed by atoms with Crippen LogP contribution in [0.4, 0.5) is 0 Å². The predicted octanol–water partition coefficient (Wildman–Crippen LogP) is 2.88. The van der Waals surface area contributed by atoms with E-state index in [4.69, 9.17) is 17.0 Å². The lowest BCUT2D eigenvalue weighted by Gasteiger charge is -2.12. The molecule has 1 amide bonds. The van der Waals surface area contributed by atoms with Crippen molar-refractivity contribution in [3.63, 3.8) is 0 Å². The number of thiocarbonyl (C=S) groups is 1. The highest BCUT2D eigenvalue weighted by Crippen LogP contribution is 2.18. The normalized spacial score (nSPS) is 9.90. The number of amides is 1. The molecule has 1 aromatic rings. The van der Waals surface area contributed by atoms with Crippen molar-refractivity contribution in [2.24, 2.45) is 0 Å². The van der Waals surface area contributed by atoms with Crippen LogP contribution in [0.15, 0.2) is 24.3 Å². The number of ether oxygens (including phenoxy) is 1. The summed E-state index contributed by atoms with van der Waals surface area (Å²) in [6.07, 6.45) is 2.97. The highest BCUT2D eigenvalue weighted by molar-refractivity contribution is 7.80. The summed E-state index contributed by atoms with van der Waals surface area (Å²) in [5.74, 6) is 0.349. The van der Waals surface area contributed by atoms with Crippen molar-refractivity contribution in [2.75, 3.05) is 13.2 Å². The lowest BCUT2D eigenvalue weighted by atomic mass is 10.2. The van der Waals surface area contributed by atoms with Crippen LogP contribution in [0, 0.1) is 0 Å². The molecule has 1 rings (SSSR count). The van der Waals surface area contributed by atoms with Gasteiger partial charge >= 0.3 is 0 Å². The van der Waals surface area contributed by atoms with Gasteiger partial charge < -0.3 is 10.1 Å². The first-order valence-electron chi connectivity index (χ1n) is 7.00. The number of carbonyl (C=O) groups is 1. The van der Waals surface area contributed by atoms with E-state index in [2.05, 4.69) is 17.6 Å². The molecule has 1 aromatic carbocycles. The zero-order valence-electron chi connectivity index (χ0n) is 12.1. The number of benzene rings is 1. The zero-order chi connectivity index (χ0) is 14.8. The van der Waals surface area contributed by atoms with E-state index in [1.54, 1.807) is 12.1 Å². The number of carbonyl (C=O) groups excluding carboxylic acids is 1. The van der Waals surface area contributed by atoms with Gasteiger partial charge in [0.2, 0.25) is 0 Å². The fourth-order valence-corrected chi connectivity index (χ4v) is 1.75. The molecule has 0 aromatic heterocycles. The topological polar surface area (TPSA) is 50.4 Å². The molecule has 0 bridgehead atoms. The molecular weight excluding hydrogens is 272 g/mol. The van der Waals surface area contributed by atoms with Gasteiger partial charge in [0.15, 0.2) is 5.11 Å². The molecule has 0 unspecified atom stereocenters. The van der Waals surface area contributed by atoms with Gasteiger partial charge in [-0.15, -0.1) is 0 Å². The van der Waals surface area contributed by atoms with Gasteiger partial charge in [-0.05, 0) is 37.2 Å². The summed E-state index contributed by atoms with van der Waals surface area (Å²) in [6.45, 7) is 5.49.